The van der Waals surface area contributed by atoms with Crippen LogP contribution >= 0.6 is 0 Å². The van der Waals surface area contributed by atoms with Crippen LogP contribution in [0.15, 0.2) is 72.8 Å². The third-order valence-electron chi connectivity index (χ3n) is 4.38. The highest BCUT2D eigenvalue weighted by atomic mass is 14.8. The van der Waals surface area contributed by atoms with Gasteiger partial charge in [-0.3, -0.25) is 0 Å². The molecule has 0 saturated carbocycles. The number of aromatic nitrogens is 2. The number of hydrogen-bond acceptors (Lipinski definition) is 2. The molecule has 0 aliphatic carbocycles. The Kier molecular flexibility index (Phi) is 3.58. The number of hydrogen-bond donors (Lipinski definition) is 0. The van der Waals surface area contributed by atoms with Crippen LogP contribution in [0.1, 0.15) is 11.4 Å². The first kappa shape index (κ1) is 14.6. The van der Waals surface area contributed by atoms with E-state index in [1.807, 2.05) is 26.0 Å². The van der Waals surface area contributed by atoms with E-state index in [9.17, 15) is 0 Å². The van der Waals surface area contributed by atoms with Crippen molar-refractivity contribution < 1.29 is 0 Å². The lowest BCUT2D eigenvalue weighted by atomic mass is 9.94. The Morgan fingerprint density at radius 1 is 0.542 bits per heavy atom. The Morgan fingerprint density at radius 2 is 0.917 bits per heavy atom. The van der Waals surface area contributed by atoms with E-state index in [-0.39, 0.29) is 0 Å². The van der Waals surface area contributed by atoms with E-state index in [0.29, 0.717) is 0 Å². The molecule has 4 aromatic rings. The minimum absolute atomic E-state index is 0.941. The molecule has 0 fully saturated rings. The fourth-order valence-corrected chi connectivity index (χ4v) is 2.99. The molecule has 3 aromatic carbocycles. The lowest BCUT2D eigenvalue weighted by molar-refractivity contribution is 1.10. The second-order valence-corrected chi connectivity index (χ2v) is 6.01. The van der Waals surface area contributed by atoms with E-state index in [4.69, 9.17) is 9.97 Å². The molecule has 0 aliphatic heterocycles. The van der Waals surface area contributed by atoms with Gasteiger partial charge in [0.15, 0.2) is 0 Å². The molecule has 0 unspecified atom stereocenters. The fourth-order valence-electron chi connectivity index (χ4n) is 2.99. The summed E-state index contributed by atoms with van der Waals surface area (Å²) >= 11 is 0. The molecule has 0 amide bonds. The summed E-state index contributed by atoms with van der Waals surface area (Å²) in [6, 6.07) is 25.2. The van der Waals surface area contributed by atoms with Crippen molar-refractivity contribution in [3.63, 3.8) is 0 Å². The van der Waals surface area contributed by atoms with Gasteiger partial charge in [-0.1, -0.05) is 60.7 Å². The van der Waals surface area contributed by atoms with E-state index >= 15 is 0 Å². The van der Waals surface area contributed by atoms with Gasteiger partial charge in [0, 0.05) is 0 Å². The van der Waals surface area contributed by atoms with E-state index in [2.05, 4.69) is 60.7 Å². The quantitative estimate of drug-likeness (QED) is 0.483. The summed E-state index contributed by atoms with van der Waals surface area (Å²) in [6.45, 7) is 4.02. The first-order chi connectivity index (χ1) is 11.7. The van der Waals surface area contributed by atoms with Crippen LogP contribution in [0.2, 0.25) is 0 Å². The minimum Gasteiger partial charge on any atom is -0.250 e. The molecule has 0 saturated heterocycles. The Morgan fingerprint density at radius 3 is 1.29 bits per heavy atom. The summed E-state index contributed by atoms with van der Waals surface area (Å²) in [6.07, 6.45) is 0. The molecular formula is C22H18N2. The highest BCUT2D eigenvalue weighted by Gasteiger charge is 2.11. The molecule has 0 radical (unpaired) electrons. The molecular weight excluding hydrogens is 292 g/mol. The van der Waals surface area contributed by atoms with Crippen molar-refractivity contribution in [2.75, 3.05) is 0 Å². The molecule has 2 heteroatoms. The van der Waals surface area contributed by atoms with Gasteiger partial charge in [-0.2, -0.15) is 0 Å². The van der Waals surface area contributed by atoms with Gasteiger partial charge in [-0.05, 0) is 48.2 Å². The fraction of sp³-hybridized carbons (Fsp3) is 0.0909. The number of benzene rings is 3. The van der Waals surface area contributed by atoms with Crippen molar-refractivity contribution in [1.29, 1.82) is 0 Å². The third kappa shape index (κ3) is 2.56. The highest BCUT2D eigenvalue weighted by molar-refractivity contribution is 5.93. The maximum absolute atomic E-state index is 4.73. The summed E-state index contributed by atoms with van der Waals surface area (Å²) < 4.78 is 0. The first-order valence-corrected chi connectivity index (χ1v) is 8.12. The van der Waals surface area contributed by atoms with Gasteiger partial charge in [0.05, 0.1) is 22.4 Å². The number of aryl methyl sites for hydroxylation is 2. The molecule has 116 valence electrons. The Bertz CT molecular complexity index is 922. The van der Waals surface area contributed by atoms with Crippen molar-refractivity contribution in [3.8, 4) is 22.3 Å². The predicted octanol–water partition coefficient (Wildman–Crippen LogP) is 5.58. The Balaban J connectivity index is 2.06. The van der Waals surface area contributed by atoms with Crippen LogP contribution < -0.4 is 0 Å². The predicted molar refractivity (Wildman–Crippen MR) is 99.9 cm³/mol. The lowest BCUT2D eigenvalue weighted by Crippen LogP contribution is -1.95. The molecule has 0 aliphatic rings. The van der Waals surface area contributed by atoms with Gasteiger partial charge < -0.3 is 0 Å². The normalized spacial score (nSPS) is 10.9. The van der Waals surface area contributed by atoms with Crippen LogP contribution in [0.5, 0.6) is 0 Å². The smallest absolute Gasteiger partial charge is 0.0896 e. The van der Waals surface area contributed by atoms with Crippen LogP contribution in [0, 0.1) is 13.8 Å². The van der Waals surface area contributed by atoms with Gasteiger partial charge in [0.25, 0.3) is 0 Å². The molecule has 1 heterocycles. The summed E-state index contributed by atoms with van der Waals surface area (Å²) in [7, 11) is 0. The largest absolute Gasteiger partial charge is 0.250 e. The van der Waals surface area contributed by atoms with Gasteiger partial charge in [-0.25, -0.2) is 9.97 Å². The summed E-state index contributed by atoms with van der Waals surface area (Å²) in [5.41, 5.74) is 8.60. The Hall–Kier alpha value is -3.00. The molecule has 0 bridgehead atoms. The summed E-state index contributed by atoms with van der Waals surface area (Å²) in [4.78, 5) is 9.47. The zero-order chi connectivity index (χ0) is 16.5. The van der Waals surface area contributed by atoms with E-state index < -0.39 is 0 Å². The molecule has 4 rings (SSSR count). The lowest BCUT2D eigenvalue weighted by Gasteiger charge is -2.13. The molecule has 0 atom stereocenters. The molecule has 0 spiro atoms. The third-order valence-corrected chi connectivity index (χ3v) is 4.38. The van der Waals surface area contributed by atoms with Crippen LogP contribution in [-0.2, 0) is 0 Å². The van der Waals surface area contributed by atoms with Crippen LogP contribution in [0.4, 0.5) is 0 Å². The van der Waals surface area contributed by atoms with Gasteiger partial charge in [-0.15, -0.1) is 0 Å². The molecule has 24 heavy (non-hydrogen) atoms. The van der Waals surface area contributed by atoms with Crippen LogP contribution in [-0.4, -0.2) is 9.97 Å². The topological polar surface area (TPSA) is 25.8 Å². The maximum Gasteiger partial charge on any atom is 0.0896 e. The zero-order valence-corrected chi connectivity index (χ0v) is 13.8. The van der Waals surface area contributed by atoms with Gasteiger partial charge >= 0.3 is 0 Å². The highest BCUT2D eigenvalue weighted by Crippen LogP contribution is 2.34. The molecule has 0 N–H and O–H groups in total. The second-order valence-electron chi connectivity index (χ2n) is 6.01. The van der Waals surface area contributed by atoms with Crippen molar-refractivity contribution in [2.45, 2.75) is 13.8 Å². The SMILES string of the molecule is Cc1nc2cc(-c3ccccc3)c(-c3ccccc3)cc2nc1C. The first-order valence-electron chi connectivity index (χ1n) is 8.12. The molecule has 2 nitrogen and oxygen atoms in total. The van der Waals surface area contributed by atoms with Crippen LogP contribution in [0.25, 0.3) is 33.3 Å². The zero-order valence-electron chi connectivity index (χ0n) is 13.8. The minimum atomic E-state index is 0.941. The summed E-state index contributed by atoms with van der Waals surface area (Å²) in [5, 5.41) is 0. The Labute approximate surface area is 141 Å². The van der Waals surface area contributed by atoms with Crippen molar-refractivity contribution in [2.24, 2.45) is 0 Å². The van der Waals surface area contributed by atoms with Crippen LogP contribution in [0.3, 0.4) is 0 Å². The van der Waals surface area contributed by atoms with Gasteiger partial charge in [0.2, 0.25) is 0 Å². The second kappa shape index (κ2) is 5.89. The standard InChI is InChI=1S/C22H18N2/c1-15-16(2)24-22-14-20(18-11-7-4-8-12-18)19(13-21(22)23-15)17-9-5-3-6-10-17/h3-14H,1-2H3. The molecule has 1 aromatic heterocycles. The van der Waals surface area contributed by atoms with E-state index in [1.54, 1.807) is 0 Å². The average molecular weight is 310 g/mol. The summed E-state index contributed by atoms with van der Waals surface area (Å²) in [5.74, 6) is 0. The number of nitrogens with zero attached hydrogens (tertiary/aromatic N) is 2. The van der Waals surface area contributed by atoms with E-state index in [1.165, 1.54) is 22.3 Å². The monoisotopic (exact) mass is 310 g/mol. The number of fused-ring (bicyclic) bond motifs is 1. The van der Waals surface area contributed by atoms with Crippen molar-refractivity contribution in [1.82, 2.24) is 9.97 Å². The average Bonchev–Trinajstić information content (AvgIpc) is 2.63. The van der Waals surface area contributed by atoms with Crippen molar-refractivity contribution >= 4 is 11.0 Å². The van der Waals surface area contributed by atoms with Gasteiger partial charge in [0.1, 0.15) is 0 Å². The van der Waals surface area contributed by atoms with Crippen molar-refractivity contribution in [3.05, 3.63) is 84.2 Å². The number of rotatable bonds is 2. The maximum atomic E-state index is 4.73. The van der Waals surface area contributed by atoms with E-state index in [0.717, 1.165) is 22.4 Å².